The molecule has 0 saturated heterocycles. The first-order chi connectivity index (χ1) is 9.04. The summed E-state index contributed by atoms with van der Waals surface area (Å²) < 4.78 is 5.79. The predicted octanol–water partition coefficient (Wildman–Crippen LogP) is 2.52. The molecule has 2 N–H and O–H groups in total. The van der Waals surface area contributed by atoms with Crippen LogP contribution < -0.4 is 10.6 Å². The maximum Gasteiger partial charge on any atom is 0.234 e. The molecule has 19 heavy (non-hydrogen) atoms. The van der Waals surface area contributed by atoms with Gasteiger partial charge in [-0.05, 0) is 24.6 Å². The number of nitrogens with one attached hydrogen (secondary N) is 2. The summed E-state index contributed by atoms with van der Waals surface area (Å²) in [6, 6.07) is 5.72. The molecule has 0 saturated carbocycles. The first-order valence-corrected chi connectivity index (χ1v) is 7.15. The van der Waals surface area contributed by atoms with Crippen molar-refractivity contribution in [3.63, 3.8) is 0 Å². The summed E-state index contributed by atoms with van der Waals surface area (Å²) in [7, 11) is 1.60. The fourth-order valence-corrected chi connectivity index (χ4v) is 2.40. The zero-order chi connectivity index (χ0) is 14.3. The van der Waals surface area contributed by atoms with E-state index in [9.17, 15) is 4.79 Å². The third kappa shape index (κ3) is 5.91. The minimum atomic E-state index is -0.0582. The van der Waals surface area contributed by atoms with Crippen LogP contribution in [0, 0.1) is 0 Å². The van der Waals surface area contributed by atoms with E-state index in [2.05, 4.69) is 26.6 Å². The monoisotopic (exact) mass is 348 g/mol. The van der Waals surface area contributed by atoms with Crippen molar-refractivity contribution in [3.8, 4) is 0 Å². The largest absolute Gasteiger partial charge is 0.383 e. The average molecular weight is 350 g/mol. The topological polar surface area (TPSA) is 50.4 Å². The van der Waals surface area contributed by atoms with Crippen LogP contribution in [0.25, 0.3) is 0 Å². The van der Waals surface area contributed by atoms with Crippen molar-refractivity contribution in [2.24, 2.45) is 0 Å². The van der Waals surface area contributed by atoms with Crippen molar-refractivity contribution in [1.29, 1.82) is 0 Å². The zero-order valence-electron chi connectivity index (χ0n) is 11.0. The minimum Gasteiger partial charge on any atom is -0.383 e. The second-order valence-corrected chi connectivity index (χ2v) is 5.43. The molecule has 1 aromatic rings. The van der Waals surface area contributed by atoms with Crippen LogP contribution in [0.5, 0.6) is 0 Å². The molecule has 1 amide bonds. The number of carbonyl (C=O) groups is 1. The van der Waals surface area contributed by atoms with Crippen LogP contribution in [0.4, 0.5) is 0 Å². The van der Waals surface area contributed by atoms with Gasteiger partial charge < -0.3 is 15.4 Å². The Labute approximate surface area is 127 Å². The van der Waals surface area contributed by atoms with Crippen LogP contribution in [-0.2, 0) is 9.53 Å². The van der Waals surface area contributed by atoms with Gasteiger partial charge in [-0.15, -0.1) is 0 Å². The molecule has 0 bridgehead atoms. The average Bonchev–Trinajstić information content (AvgIpc) is 2.36. The fourth-order valence-electron chi connectivity index (χ4n) is 1.56. The van der Waals surface area contributed by atoms with Crippen LogP contribution >= 0.6 is 27.5 Å². The van der Waals surface area contributed by atoms with Crippen molar-refractivity contribution >= 4 is 33.4 Å². The van der Waals surface area contributed by atoms with E-state index in [0.717, 1.165) is 10.0 Å². The Hall–Kier alpha value is -0.620. The Kier molecular flexibility index (Phi) is 7.38. The molecule has 0 aromatic heterocycles. The smallest absolute Gasteiger partial charge is 0.234 e. The summed E-state index contributed by atoms with van der Waals surface area (Å²) in [6.07, 6.45) is 0. The molecule has 1 atom stereocenters. The molecule has 0 fully saturated rings. The Morgan fingerprint density at radius 1 is 1.53 bits per heavy atom. The Morgan fingerprint density at radius 3 is 2.89 bits per heavy atom. The highest BCUT2D eigenvalue weighted by molar-refractivity contribution is 9.10. The summed E-state index contributed by atoms with van der Waals surface area (Å²) in [5, 5.41) is 6.56. The molecule has 0 aliphatic rings. The van der Waals surface area contributed by atoms with Crippen molar-refractivity contribution in [3.05, 3.63) is 33.3 Å². The maximum atomic E-state index is 11.5. The van der Waals surface area contributed by atoms with E-state index in [1.807, 2.05) is 25.1 Å². The molecule has 1 aromatic carbocycles. The van der Waals surface area contributed by atoms with Gasteiger partial charge in [0.05, 0.1) is 13.2 Å². The minimum absolute atomic E-state index is 0.00813. The lowest BCUT2D eigenvalue weighted by Crippen LogP contribution is -2.36. The third-order valence-electron chi connectivity index (χ3n) is 2.63. The summed E-state index contributed by atoms with van der Waals surface area (Å²) in [5.41, 5.74) is 0.967. The molecule has 0 heterocycles. The van der Waals surface area contributed by atoms with Gasteiger partial charge in [0.2, 0.25) is 5.91 Å². The zero-order valence-corrected chi connectivity index (χ0v) is 13.3. The Morgan fingerprint density at radius 2 is 2.26 bits per heavy atom. The molecule has 0 radical (unpaired) electrons. The number of carbonyl (C=O) groups excluding carboxylic acids is 1. The van der Waals surface area contributed by atoms with Gasteiger partial charge in [0.15, 0.2) is 0 Å². The number of halogens is 2. The van der Waals surface area contributed by atoms with Gasteiger partial charge in [-0.25, -0.2) is 0 Å². The van der Waals surface area contributed by atoms with E-state index in [-0.39, 0.29) is 18.5 Å². The van der Waals surface area contributed by atoms with E-state index in [0.29, 0.717) is 18.2 Å². The molecule has 1 rings (SSSR count). The van der Waals surface area contributed by atoms with E-state index < -0.39 is 0 Å². The van der Waals surface area contributed by atoms with Gasteiger partial charge in [-0.1, -0.05) is 33.6 Å². The van der Waals surface area contributed by atoms with Gasteiger partial charge in [0, 0.05) is 29.2 Å². The maximum absolute atomic E-state index is 11.5. The summed E-state index contributed by atoms with van der Waals surface area (Å²) in [4.78, 5) is 11.5. The fraction of sp³-hybridized carbons (Fsp3) is 0.462. The molecular weight excluding hydrogens is 332 g/mol. The molecular formula is C13H18BrClN2O2. The van der Waals surface area contributed by atoms with E-state index in [4.69, 9.17) is 16.3 Å². The van der Waals surface area contributed by atoms with Crippen LogP contribution in [0.15, 0.2) is 22.7 Å². The summed E-state index contributed by atoms with van der Waals surface area (Å²) in [6.45, 7) is 3.25. The van der Waals surface area contributed by atoms with Crippen molar-refractivity contribution in [2.75, 3.05) is 26.8 Å². The first-order valence-electron chi connectivity index (χ1n) is 5.98. The van der Waals surface area contributed by atoms with Crippen LogP contribution in [0.1, 0.15) is 18.5 Å². The molecule has 1 unspecified atom stereocenters. The molecule has 6 heteroatoms. The van der Waals surface area contributed by atoms with Gasteiger partial charge in [-0.2, -0.15) is 0 Å². The standard InChI is InChI=1S/C13H18BrClN2O2/c1-9(11-4-3-10(14)7-12(11)15)17-8-13(18)16-5-6-19-2/h3-4,7,9,17H,5-6,8H2,1-2H3,(H,16,18). The molecule has 0 aliphatic carbocycles. The summed E-state index contributed by atoms with van der Waals surface area (Å²) in [5.74, 6) is -0.0582. The molecule has 106 valence electrons. The number of amides is 1. The van der Waals surface area contributed by atoms with Crippen molar-refractivity contribution < 1.29 is 9.53 Å². The lowest BCUT2D eigenvalue weighted by molar-refractivity contribution is -0.120. The van der Waals surface area contributed by atoms with Crippen LogP contribution in [0.2, 0.25) is 5.02 Å². The molecule has 0 aliphatic heterocycles. The lowest BCUT2D eigenvalue weighted by atomic mass is 10.1. The molecule has 0 spiro atoms. The Balaban J connectivity index is 2.42. The second-order valence-electron chi connectivity index (χ2n) is 4.11. The quantitative estimate of drug-likeness (QED) is 0.744. The highest BCUT2D eigenvalue weighted by Gasteiger charge is 2.11. The second kappa shape index (κ2) is 8.53. The number of benzene rings is 1. The number of methoxy groups -OCH3 is 1. The van der Waals surface area contributed by atoms with Crippen molar-refractivity contribution in [2.45, 2.75) is 13.0 Å². The lowest BCUT2D eigenvalue weighted by Gasteiger charge is -2.15. The number of ether oxygens (including phenoxy) is 1. The normalized spacial score (nSPS) is 12.2. The number of rotatable bonds is 7. The summed E-state index contributed by atoms with van der Waals surface area (Å²) >= 11 is 9.52. The third-order valence-corrected chi connectivity index (χ3v) is 3.45. The van der Waals surface area contributed by atoms with Crippen LogP contribution in [0.3, 0.4) is 0 Å². The van der Waals surface area contributed by atoms with E-state index >= 15 is 0 Å². The van der Waals surface area contributed by atoms with Gasteiger partial charge in [0.1, 0.15) is 0 Å². The number of hydrogen-bond acceptors (Lipinski definition) is 3. The van der Waals surface area contributed by atoms with Gasteiger partial charge >= 0.3 is 0 Å². The first kappa shape index (κ1) is 16.4. The van der Waals surface area contributed by atoms with Gasteiger partial charge in [-0.3, -0.25) is 4.79 Å². The highest BCUT2D eigenvalue weighted by Crippen LogP contribution is 2.26. The van der Waals surface area contributed by atoms with Crippen molar-refractivity contribution in [1.82, 2.24) is 10.6 Å². The van der Waals surface area contributed by atoms with Gasteiger partial charge in [0.25, 0.3) is 0 Å². The Bertz CT molecular complexity index is 429. The highest BCUT2D eigenvalue weighted by atomic mass is 79.9. The number of hydrogen-bond donors (Lipinski definition) is 2. The SMILES string of the molecule is COCCNC(=O)CNC(C)c1ccc(Br)cc1Cl. The predicted molar refractivity (Wildman–Crippen MR) is 80.5 cm³/mol. The van der Waals surface area contributed by atoms with E-state index in [1.54, 1.807) is 7.11 Å². The molecule has 4 nitrogen and oxygen atoms in total. The van der Waals surface area contributed by atoms with E-state index in [1.165, 1.54) is 0 Å². The van der Waals surface area contributed by atoms with Crippen LogP contribution in [-0.4, -0.2) is 32.7 Å².